The summed E-state index contributed by atoms with van der Waals surface area (Å²) in [7, 11) is 0. The van der Waals surface area contributed by atoms with E-state index >= 15 is 0 Å². The van der Waals surface area contributed by atoms with Crippen molar-refractivity contribution in [2.24, 2.45) is 0 Å². The van der Waals surface area contributed by atoms with Crippen molar-refractivity contribution < 1.29 is 9.47 Å². The number of hydrogen-bond acceptors (Lipinski definition) is 2. The Morgan fingerprint density at radius 2 is 1.70 bits per heavy atom. The Kier molecular flexibility index (Phi) is 4.56. The van der Waals surface area contributed by atoms with Gasteiger partial charge in [-0.25, -0.2) is 0 Å². The van der Waals surface area contributed by atoms with Crippen LogP contribution in [0.1, 0.15) is 17.2 Å². The molecule has 0 N–H and O–H groups in total. The van der Waals surface area contributed by atoms with Crippen LogP contribution in [0.4, 0.5) is 0 Å². The first-order valence-electron chi connectivity index (χ1n) is 6.45. The normalized spacial score (nSPS) is 20.9. The quantitative estimate of drug-likeness (QED) is 0.671. The molecule has 1 aliphatic rings. The standard InChI is InChI=1S/C16H14Br2O2/c17-13-6-12(7-14(18)8-13)16-15(20-16)10-19-9-11-4-2-1-3-5-11/h1-8,15-16H,9-10H2/t15-,16-/m0/s1. The molecule has 0 aromatic heterocycles. The lowest BCUT2D eigenvalue weighted by atomic mass is 10.1. The second kappa shape index (κ2) is 6.39. The van der Waals surface area contributed by atoms with E-state index < -0.39 is 0 Å². The van der Waals surface area contributed by atoms with Crippen LogP contribution in [0.2, 0.25) is 0 Å². The van der Waals surface area contributed by atoms with Crippen LogP contribution in [0.3, 0.4) is 0 Å². The Hall–Kier alpha value is -0.680. The van der Waals surface area contributed by atoms with Gasteiger partial charge < -0.3 is 9.47 Å². The lowest BCUT2D eigenvalue weighted by Gasteiger charge is -2.02. The van der Waals surface area contributed by atoms with E-state index in [9.17, 15) is 0 Å². The van der Waals surface area contributed by atoms with Gasteiger partial charge in [-0.1, -0.05) is 62.2 Å². The van der Waals surface area contributed by atoms with Gasteiger partial charge in [0.05, 0.1) is 13.2 Å². The van der Waals surface area contributed by atoms with Gasteiger partial charge in [0.2, 0.25) is 0 Å². The highest BCUT2D eigenvalue weighted by Crippen LogP contribution is 2.40. The first-order valence-corrected chi connectivity index (χ1v) is 8.04. The Morgan fingerprint density at radius 1 is 1.00 bits per heavy atom. The van der Waals surface area contributed by atoms with Crippen LogP contribution in [0.15, 0.2) is 57.5 Å². The summed E-state index contributed by atoms with van der Waals surface area (Å²) >= 11 is 6.99. The number of hydrogen-bond donors (Lipinski definition) is 0. The van der Waals surface area contributed by atoms with Crippen LogP contribution in [-0.4, -0.2) is 12.7 Å². The van der Waals surface area contributed by atoms with Gasteiger partial charge in [-0.2, -0.15) is 0 Å². The fourth-order valence-corrected chi connectivity index (χ4v) is 3.50. The maximum atomic E-state index is 5.71. The smallest absolute Gasteiger partial charge is 0.112 e. The Morgan fingerprint density at radius 3 is 2.40 bits per heavy atom. The van der Waals surface area contributed by atoms with E-state index in [-0.39, 0.29) is 12.2 Å². The van der Waals surface area contributed by atoms with Gasteiger partial charge >= 0.3 is 0 Å². The molecule has 4 heteroatoms. The zero-order valence-electron chi connectivity index (χ0n) is 10.8. The minimum Gasteiger partial charge on any atom is -0.374 e. The van der Waals surface area contributed by atoms with E-state index in [1.165, 1.54) is 11.1 Å². The molecule has 0 unspecified atom stereocenters. The molecule has 20 heavy (non-hydrogen) atoms. The van der Waals surface area contributed by atoms with Crippen molar-refractivity contribution in [3.8, 4) is 0 Å². The van der Waals surface area contributed by atoms with E-state index in [0.717, 1.165) is 8.95 Å². The van der Waals surface area contributed by atoms with Crippen molar-refractivity contribution in [3.05, 3.63) is 68.6 Å². The highest BCUT2D eigenvalue weighted by molar-refractivity contribution is 9.11. The molecule has 1 heterocycles. The predicted octanol–water partition coefficient (Wildman–Crippen LogP) is 4.87. The molecule has 1 fully saturated rings. The minimum atomic E-state index is 0.152. The SMILES string of the molecule is Brc1cc(Br)cc([C@@H]2O[C@H]2COCc2ccccc2)c1. The third-order valence-corrected chi connectivity index (χ3v) is 4.11. The Balaban J connectivity index is 1.50. The number of ether oxygens (including phenoxy) is 2. The Labute approximate surface area is 135 Å². The van der Waals surface area contributed by atoms with Gasteiger partial charge in [0.25, 0.3) is 0 Å². The molecule has 1 aliphatic heterocycles. The van der Waals surface area contributed by atoms with E-state index in [1.807, 2.05) is 24.3 Å². The third kappa shape index (κ3) is 3.70. The zero-order chi connectivity index (χ0) is 13.9. The van der Waals surface area contributed by atoms with Gasteiger partial charge in [-0.05, 0) is 29.3 Å². The molecule has 0 spiro atoms. The summed E-state index contributed by atoms with van der Waals surface area (Å²) in [5, 5.41) is 0. The monoisotopic (exact) mass is 396 g/mol. The van der Waals surface area contributed by atoms with Crippen LogP contribution in [0.25, 0.3) is 0 Å². The molecule has 0 saturated carbocycles. The second-order valence-corrected chi connectivity index (χ2v) is 6.63. The second-order valence-electron chi connectivity index (χ2n) is 4.80. The summed E-state index contributed by atoms with van der Waals surface area (Å²) in [5.41, 5.74) is 2.37. The summed E-state index contributed by atoms with van der Waals surface area (Å²) in [4.78, 5) is 0. The molecule has 1 saturated heterocycles. The molecule has 2 atom stereocenters. The van der Waals surface area contributed by atoms with Gasteiger partial charge in [0, 0.05) is 8.95 Å². The van der Waals surface area contributed by atoms with Gasteiger partial charge in [-0.15, -0.1) is 0 Å². The number of rotatable bonds is 5. The van der Waals surface area contributed by atoms with E-state index in [2.05, 4.69) is 56.1 Å². The van der Waals surface area contributed by atoms with Crippen LogP contribution < -0.4 is 0 Å². The van der Waals surface area contributed by atoms with Crippen LogP contribution in [-0.2, 0) is 16.1 Å². The highest BCUT2D eigenvalue weighted by Gasteiger charge is 2.40. The maximum absolute atomic E-state index is 5.71. The van der Waals surface area contributed by atoms with Gasteiger partial charge in [-0.3, -0.25) is 0 Å². The topological polar surface area (TPSA) is 21.8 Å². The molecule has 104 valence electrons. The summed E-state index contributed by atoms with van der Waals surface area (Å²) in [5.74, 6) is 0. The highest BCUT2D eigenvalue weighted by atomic mass is 79.9. The van der Waals surface area contributed by atoms with Gasteiger partial charge in [0.1, 0.15) is 12.2 Å². The number of benzene rings is 2. The molecule has 0 amide bonds. The summed E-state index contributed by atoms with van der Waals surface area (Å²) in [6, 6.07) is 16.4. The average molecular weight is 398 g/mol. The van der Waals surface area contributed by atoms with E-state index in [4.69, 9.17) is 9.47 Å². The van der Waals surface area contributed by atoms with Gasteiger partial charge in [0.15, 0.2) is 0 Å². The fraction of sp³-hybridized carbons (Fsp3) is 0.250. The maximum Gasteiger partial charge on any atom is 0.112 e. The minimum absolute atomic E-state index is 0.152. The van der Waals surface area contributed by atoms with E-state index in [1.54, 1.807) is 0 Å². The molecule has 3 rings (SSSR count). The largest absolute Gasteiger partial charge is 0.374 e. The van der Waals surface area contributed by atoms with Crippen molar-refractivity contribution in [3.63, 3.8) is 0 Å². The van der Waals surface area contributed by atoms with Crippen LogP contribution in [0.5, 0.6) is 0 Å². The molecule has 2 aromatic carbocycles. The van der Waals surface area contributed by atoms with Crippen molar-refractivity contribution >= 4 is 31.9 Å². The third-order valence-electron chi connectivity index (χ3n) is 3.19. The van der Waals surface area contributed by atoms with Crippen LogP contribution >= 0.6 is 31.9 Å². The van der Waals surface area contributed by atoms with Crippen LogP contribution in [0, 0.1) is 0 Å². The lowest BCUT2D eigenvalue weighted by Crippen LogP contribution is -2.02. The van der Waals surface area contributed by atoms with Crippen molar-refractivity contribution in [2.45, 2.75) is 18.8 Å². The van der Waals surface area contributed by atoms with Crippen molar-refractivity contribution in [2.75, 3.05) is 6.61 Å². The molecule has 0 bridgehead atoms. The Bertz CT molecular complexity index is 566. The first-order chi connectivity index (χ1) is 9.72. The molecular weight excluding hydrogens is 384 g/mol. The molecule has 0 aliphatic carbocycles. The number of halogens is 2. The predicted molar refractivity (Wildman–Crippen MR) is 85.6 cm³/mol. The number of epoxide rings is 1. The average Bonchev–Trinajstić information content (AvgIpc) is 3.18. The summed E-state index contributed by atoms with van der Waals surface area (Å²) < 4.78 is 13.5. The molecule has 2 aromatic rings. The summed E-state index contributed by atoms with van der Waals surface area (Å²) in [6.45, 7) is 1.26. The van der Waals surface area contributed by atoms with Crippen molar-refractivity contribution in [1.29, 1.82) is 0 Å². The molecule has 2 nitrogen and oxygen atoms in total. The van der Waals surface area contributed by atoms with E-state index in [0.29, 0.717) is 13.2 Å². The summed E-state index contributed by atoms with van der Waals surface area (Å²) in [6.07, 6.45) is 0.319. The van der Waals surface area contributed by atoms with Crippen molar-refractivity contribution in [1.82, 2.24) is 0 Å². The zero-order valence-corrected chi connectivity index (χ0v) is 13.9. The lowest BCUT2D eigenvalue weighted by molar-refractivity contribution is 0.104. The molecule has 0 radical (unpaired) electrons. The molecular formula is C16H14Br2O2. The first kappa shape index (κ1) is 14.3. The fourth-order valence-electron chi connectivity index (χ4n) is 2.17.